The first-order valence-corrected chi connectivity index (χ1v) is 28.8. The Morgan fingerprint density at radius 1 is 0.438 bits per heavy atom. The molecule has 3 amide bonds. The maximum Gasteiger partial charge on any atom is 0.407 e. The first-order valence-electron chi connectivity index (χ1n) is 26.9. The van der Waals surface area contributed by atoms with E-state index < -0.39 is 32.3 Å². The van der Waals surface area contributed by atoms with Crippen LogP contribution in [0.4, 0.5) is 9.59 Å². The zero-order valence-corrected chi connectivity index (χ0v) is 43.1. The van der Waals surface area contributed by atoms with Crippen molar-refractivity contribution in [3.63, 3.8) is 0 Å². The summed E-state index contributed by atoms with van der Waals surface area (Å²) >= 11 is 0. The van der Waals surface area contributed by atoms with Gasteiger partial charge in [-0.2, -0.15) is 0 Å². The van der Waals surface area contributed by atoms with Gasteiger partial charge in [-0.15, -0.1) is 0 Å². The Hall–Kier alpha value is -2.13. The van der Waals surface area contributed by atoms with Crippen LogP contribution in [0.25, 0.3) is 0 Å². The van der Waals surface area contributed by atoms with Crippen LogP contribution < -0.4 is 16.0 Å². The molecule has 64 heavy (non-hydrogen) atoms. The van der Waals surface area contributed by atoms with E-state index in [0.29, 0.717) is 19.8 Å². The molecule has 0 aromatic carbocycles. The number of hydrogen-bond donors (Lipinski definition) is 3. The number of esters is 1. The highest BCUT2D eigenvalue weighted by Crippen LogP contribution is 2.31. The molecule has 0 rings (SSSR count). The first-order chi connectivity index (χ1) is 31.3. The van der Waals surface area contributed by atoms with E-state index in [1.54, 1.807) is 0 Å². The molecule has 2 unspecified atom stereocenters. The summed E-state index contributed by atoms with van der Waals surface area (Å²) in [5.74, 6) is -0.787. The van der Waals surface area contributed by atoms with Crippen molar-refractivity contribution in [2.24, 2.45) is 0 Å². The molecular formula is C52H102N3O8P. The lowest BCUT2D eigenvalue weighted by molar-refractivity contribution is -0.145. The van der Waals surface area contributed by atoms with E-state index in [1.807, 2.05) is 6.66 Å². The molecule has 0 saturated heterocycles. The molecule has 0 aliphatic rings. The molecule has 12 heteroatoms. The van der Waals surface area contributed by atoms with E-state index >= 15 is 0 Å². The number of nitrogens with one attached hydrogen (secondary N) is 3. The Morgan fingerprint density at radius 2 is 0.828 bits per heavy atom. The van der Waals surface area contributed by atoms with E-state index in [9.17, 15) is 19.2 Å². The molecule has 0 aliphatic carbocycles. The molecule has 2 atom stereocenters. The van der Waals surface area contributed by atoms with Crippen molar-refractivity contribution in [3.05, 3.63) is 0 Å². The van der Waals surface area contributed by atoms with Crippen LogP contribution in [0.1, 0.15) is 252 Å². The van der Waals surface area contributed by atoms with Crippen molar-refractivity contribution >= 4 is 32.2 Å². The van der Waals surface area contributed by atoms with Crippen molar-refractivity contribution in [3.8, 4) is 0 Å². The Morgan fingerprint density at radius 3 is 1.25 bits per heavy atom. The van der Waals surface area contributed by atoms with E-state index in [-0.39, 0.29) is 31.9 Å². The Bertz CT molecular complexity index is 1050. The van der Waals surface area contributed by atoms with Gasteiger partial charge in [0.1, 0.15) is 6.61 Å². The second-order valence-corrected chi connectivity index (χ2v) is 20.1. The Labute approximate surface area is 395 Å². The highest BCUT2D eigenvalue weighted by molar-refractivity contribution is 7.51. The molecule has 11 nitrogen and oxygen atoms in total. The number of carbonyl (C=O) groups is 4. The summed E-state index contributed by atoms with van der Waals surface area (Å²) in [6.45, 7) is 10.4. The van der Waals surface area contributed by atoms with Gasteiger partial charge in [-0.1, -0.05) is 220 Å². The lowest BCUT2D eigenvalue weighted by atomic mass is 10.0. The number of rotatable bonds is 49. The van der Waals surface area contributed by atoms with Crippen LogP contribution in [0.15, 0.2) is 0 Å². The van der Waals surface area contributed by atoms with Gasteiger partial charge in [0, 0.05) is 33.8 Å². The van der Waals surface area contributed by atoms with Crippen molar-refractivity contribution in [2.75, 3.05) is 52.3 Å². The van der Waals surface area contributed by atoms with E-state index in [4.69, 9.17) is 18.7 Å². The van der Waals surface area contributed by atoms with Gasteiger partial charge in [-0.25, -0.2) is 9.59 Å². The summed E-state index contributed by atoms with van der Waals surface area (Å²) in [6.07, 6.45) is 42.4. The fourth-order valence-corrected chi connectivity index (χ4v) is 8.60. The molecule has 378 valence electrons. The molecule has 0 aromatic heterocycles. The van der Waals surface area contributed by atoms with E-state index in [2.05, 4.69) is 36.7 Å². The summed E-state index contributed by atoms with van der Waals surface area (Å²) in [5.41, 5.74) is 0. The highest BCUT2D eigenvalue weighted by atomic mass is 31.1. The monoisotopic (exact) mass is 928 g/mol. The summed E-state index contributed by atoms with van der Waals surface area (Å²) in [7, 11) is -0.591. The van der Waals surface area contributed by atoms with Crippen molar-refractivity contribution in [2.45, 2.75) is 258 Å². The molecule has 0 saturated carbocycles. The second kappa shape index (κ2) is 50.3. The van der Waals surface area contributed by atoms with Gasteiger partial charge in [0.05, 0.1) is 32.3 Å². The quantitative estimate of drug-likeness (QED) is 0.0237. The molecule has 3 N–H and O–H groups in total. The predicted molar refractivity (Wildman–Crippen MR) is 268 cm³/mol. The van der Waals surface area contributed by atoms with Gasteiger partial charge in [0.2, 0.25) is 5.91 Å². The molecule has 0 aromatic rings. The van der Waals surface area contributed by atoms with Crippen LogP contribution in [0, 0.1) is 0 Å². The third kappa shape index (κ3) is 47.8. The van der Waals surface area contributed by atoms with Gasteiger partial charge in [-0.05, 0) is 25.9 Å². The molecule has 0 aliphatic heterocycles. The summed E-state index contributed by atoms with van der Waals surface area (Å²) in [5, 5.41) is 8.27. The lowest BCUT2D eigenvalue weighted by Crippen LogP contribution is -2.47. The maximum atomic E-state index is 12.7. The molecule has 0 radical (unpaired) electrons. The minimum absolute atomic E-state index is 0.0000314. The largest absolute Gasteiger partial charge is 0.463 e. The molecular weight excluding hydrogens is 826 g/mol. The van der Waals surface area contributed by atoms with Crippen LogP contribution >= 0.6 is 8.15 Å². The van der Waals surface area contributed by atoms with Crippen LogP contribution in [0.3, 0.4) is 0 Å². The minimum atomic E-state index is -0.726. The van der Waals surface area contributed by atoms with Crippen molar-refractivity contribution < 1.29 is 37.9 Å². The summed E-state index contributed by atoms with van der Waals surface area (Å²) in [6, 6.07) is -0.726. The third-order valence-corrected chi connectivity index (χ3v) is 13.3. The normalized spacial score (nSPS) is 12.1. The smallest absolute Gasteiger partial charge is 0.407 e. The second-order valence-electron chi connectivity index (χ2n) is 18.2. The molecule has 0 spiro atoms. The number of unbranched alkanes of at least 4 members (excludes halogenated alkanes) is 31. The van der Waals surface area contributed by atoms with E-state index in [0.717, 1.165) is 64.1 Å². The predicted octanol–water partition coefficient (Wildman–Crippen LogP) is 14.6. The standard InChI is InChI=1S/C52H102N3O8P/c1-5-8-11-13-15-17-19-21-23-25-27-29-31-33-35-37-42-60-51(58)54-46-48(47-62-50(57)40-39-49(56)53-41-45-64(4)63-44-10-7-3)55-52(59)61-43-38-36-34-32-30-28-26-24-22-20-18-16-14-12-9-6-2/h48H,5-47H2,1-4H3,(H,53,56)(H,54,58)(H,55,59). The molecule has 0 heterocycles. The highest BCUT2D eigenvalue weighted by Gasteiger charge is 2.18. The SMILES string of the molecule is CCCCCCCCCCCCCCCCCCOC(=O)NCC(COC(=O)CCC(=O)NCCP(C)OCCCC)NC(=O)OCCCCCCCCCCCCCCCCCC. The topological polar surface area (TPSA) is 141 Å². The number of ether oxygens (including phenoxy) is 3. The lowest BCUT2D eigenvalue weighted by Gasteiger charge is -2.19. The van der Waals surface area contributed by atoms with Crippen molar-refractivity contribution in [1.82, 2.24) is 16.0 Å². The first kappa shape index (κ1) is 61.9. The van der Waals surface area contributed by atoms with Crippen LogP contribution in [0.5, 0.6) is 0 Å². The van der Waals surface area contributed by atoms with Gasteiger partial charge < -0.3 is 34.7 Å². The third-order valence-electron chi connectivity index (χ3n) is 11.8. The van der Waals surface area contributed by atoms with Gasteiger partial charge >= 0.3 is 18.2 Å². The number of hydrogen-bond acceptors (Lipinski definition) is 8. The van der Waals surface area contributed by atoms with Gasteiger partial charge in [-0.3, -0.25) is 9.59 Å². The number of alkyl carbamates (subject to hydrolysis) is 2. The maximum absolute atomic E-state index is 12.7. The fourth-order valence-electron chi connectivity index (χ4n) is 7.60. The molecule has 0 bridgehead atoms. The van der Waals surface area contributed by atoms with Gasteiger partial charge in [0.25, 0.3) is 0 Å². The Kier molecular flexibility index (Phi) is 48.6. The molecule has 0 fully saturated rings. The fraction of sp³-hybridized carbons (Fsp3) is 0.923. The summed E-state index contributed by atoms with van der Waals surface area (Å²) in [4.78, 5) is 50.1. The van der Waals surface area contributed by atoms with Crippen LogP contribution in [-0.4, -0.2) is 82.4 Å². The average Bonchev–Trinajstić information content (AvgIpc) is 3.28. The Balaban J connectivity index is 4.38. The van der Waals surface area contributed by atoms with E-state index in [1.165, 1.54) is 167 Å². The zero-order valence-electron chi connectivity index (χ0n) is 42.2. The number of carbonyl (C=O) groups excluding carboxylic acids is 4. The summed E-state index contributed by atoms with van der Waals surface area (Å²) < 4.78 is 22.0. The van der Waals surface area contributed by atoms with Gasteiger partial charge in [0.15, 0.2) is 0 Å². The number of amides is 3. The minimum Gasteiger partial charge on any atom is -0.463 e. The van der Waals surface area contributed by atoms with Crippen molar-refractivity contribution in [1.29, 1.82) is 0 Å². The van der Waals surface area contributed by atoms with Crippen LogP contribution in [0.2, 0.25) is 0 Å². The average molecular weight is 928 g/mol. The van der Waals surface area contributed by atoms with Crippen LogP contribution in [-0.2, 0) is 28.3 Å². The zero-order chi connectivity index (χ0) is 46.8.